The Balaban J connectivity index is 1.68. The predicted molar refractivity (Wildman–Crippen MR) is 102 cm³/mol. The van der Waals surface area contributed by atoms with Crippen molar-refractivity contribution in [2.24, 2.45) is 0 Å². The Morgan fingerprint density at radius 3 is 2.38 bits per heavy atom. The number of ketones is 1. The van der Waals surface area contributed by atoms with Crippen molar-refractivity contribution in [1.82, 2.24) is 10.2 Å². The topological polar surface area (TPSA) is 49.4 Å². The molecule has 2 aromatic carbocycles. The van der Waals surface area contributed by atoms with Crippen molar-refractivity contribution in [3.05, 3.63) is 70.8 Å². The molecule has 2 heterocycles. The molecule has 2 aliphatic heterocycles. The van der Waals surface area contributed by atoms with Crippen molar-refractivity contribution in [2.75, 3.05) is 13.1 Å². The molecule has 4 rings (SSSR count). The van der Waals surface area contributed by atoms with E-state index in [1.807, 2.05) is 48.2 Å². The first kappa shape index (κ1) is 17.0. The van der Waals surface area contributed by atoms with E-state index in [9.17, 15) is 9.59 Å². The molecule has 2 aromatic rings. The lowest BCUT2D eigenvalue weighted by atomic mass is 9.96. The van der Waals surface area contributed by atoms with Crippen LogP contribution < -0.4 is 5.32 Å². The van der Waals surface area contributed by atoms with Gasteiger partial charge in [0.2, 0.25) is 0 Å². The number of nitrogens with zero attached hydrogens (tertiary/aromatic N) is 1. The van der Waals surface area contributed by atoms with Crippen molar-refractivity contribution in [3.63, 3.8) is 0 Å². The van der Waals surface area contributed by atoms with Gasteiger partial charge >= 0.3 is 0 Å². The molecule has 1 amide bonds. The third kappa shape index (κ3) is 3.06. The maximum absolute atomic E-state index is 13.4. The molecule has 4 heteroatoms. The summed E-state index contributed by atoms with van der Waals surface area (Å²) >= 11 is 0. The van der Waals surface area contributed by atoms with E-state index < -0.39 is 0 Å². The standard InChI is InChI=1S/C22H24N2O2/c1-15-6-8-16(9-7-15)21(25)19-4-2-3-5-20(19)22(26)24-17-10-11-18(24)14-23-13-12-17/h2-9,17-18,23H,10-14H2,1H3/t17-,18+/m1/s1. The van der Waals surface area contributed by atoms with Crippen LogP contribution in [0.5, 0.6) is 0 Å². The van der Waals surface area contributed by atoms with E-state index in [2.05, 4.69) is 5.32 Å². The lowest BCUT2D eigenvalue weighted by Gasteiger charge is -2.28. The van der Waals surface area contributed by atoms with E-state index in [-0.39, 0.29) is 23.8 Å². The fraction of sp³-hybridized carbons (Fsp3) is 0.364. The Morgan fingerprint density at radius 1 is 0.923 bits per heavy atom. The Morgan fingerprint density at radius 2 is 1.62 bits per heavy atom. The van der Waals surface area contributed by atoms with Crippen molar-refractivity contribution in [2.45, 2.75) is 38.3 Å². The summed E-state index contributed by atoms with van der Waals surface area (Å²) < 4.78 is 0. The van der Waals surface area contributed by atoms with Crippen LogP contribution in [0.15, 0.2) is 48.5 Å². The van der Waals surface area contributed by atoms with Gasteiger partial charge in [0, 0.05) is 29.8 Å². The third-order valence-corrected chi connectivity index (χ3v) is 5.60. The van der Waals surface area contributed by atoms with Crippen LogP contribution in [0.2, 0.25) is 0 Å². The summed E-state index contributed by atoms with van der Waals surface area (Å²) in [5.41, 5.74) is 2.76. The number of benzene rings is 2. The summed E-state index contributed by atoms with van der Waals surface area (Å²) in [6.07, 6.45) is 3.08. The molecule has 0 spiro atoms. The lowest BCUT2D eigenvalue weighted by molar-refractivity contribution is 0.0676. The second kappa shape index (κ2) is 7.04. The van der Waals surface area contributed by atoms with Crippen molar-refractivity contribution >= 4 is 11.7 Å². The minimum atomic E-state index is -0.0887. The van der Waals surface area contributed by atoms with Crippen molar-refractivity contribution < 1.29 is 9.59 Å². The van der Waals surface area contributed by atoms with Gasteiger partial charge in [-0.15, -0.1) is 0 Å². The van der Waals surface area contributed by atoms with Gasteiger partial charge in [-0.05, 0) is 38.8 Å². The number of hydrogen-bond donors (Lipinski definition) is 1. The van der Waals surface area contributed by atoms with Crippen LogP contribution in [0.25, 0.3) is 0 Å². The van der Waals surface area contributed by atoms with Crippen LogP contribution in [-0.2, 0) is 0 Å². The van der Waals surface area contributed by atoms with Gasteiger partial charge in [0.1, 0.15) is 0 Å². The monoisotopic (exact) mass is 348 g/mol. The molecule has 1 N–H and O–H groups in total. The fourth-order valence-corrected chi connectivity index (χ4v) is 4.18. The normalized spacial score (nSPS) is 22.1. The summed E-state index contributed by atoms with van der Waals surface area (Å²) in [5.74, 6) is -0.0912. The van der Waals surface area contributed by atoms with Gasteiger partial charge < -0.3 is 10.2 Å². The Bertz CT molecular complexity index is 814. The van der Waals surface area contributed by atoms with Crippen molar-refractivity contribution in [1.29, 1.82) is 0 Å². The maximum Gasteiger partial charge on any atom is 0.255 e. The second-order valence-corrected chi connectivity index (χ2v) is 7.33. The molecule has 2 fully saturated rings. The van der Waals surface area contributed by atoms with E-state index in [1.165, 1.54) is 0 Å². The smallest absolute Gasteiger partial charge is 0.255 e. The van der Waals surface area contributed by atoms with Gasteiger partial charge in [0.25, 0.3) is 5.91 Å². The van der Waals surface area contributed by atoms with Crippen LogP contribution in [0.3, 0.4) is 0 Å². The van der Waals surface area contributed by atoms with Gasteiger partial charge in [-0.3, -0.25) is 9.59 Å². The van der Waals surface area contributed by atoms with Gasteiger partial charge in [-0.25, -0.2) is 0 Å². The van der Waals surface area contributed by atoms with Gasteiger partial charge in [-0.2, -0.15) is 0 Å². The summed E-state index contributed by atoms with van der Waals surface area (Å²) in [4.78, 5) is 28.4. The zero-order valence-corrected chi connectivity index (χ0v) is 15.1. The summed E-state index contributed by atoms with van der Waals surface area (Å²) in [7, 11) is 0. The number of carbonyl (C=O) groups excluding carboxylic acids is 2. The average molecular weight is 348 g/mol. The molecule has 2 bridgehead atoms. The Labute approximate surface area is 154 Å². The zero-order valence-electron chi connectivity index (χ0n) is 15.1. The number of hydrogen-bond acceptors (Lipinski definition) is 3. The van der Waals surface area contributed by atoms with Crippen LogP contribution in [-0.4, -0.2) is 41.8 Å². The highest BCUT2D eigenvalue weighted by Gasteiger charge is 2.39. The third-order valence-electron chi connectivity index (χ3n) is 5.60. The SMILES string of the molecule is Cc1ccc(C(=O)c2ccccc2C(=O)N2[C@H]3CCNC[C@@H]2CC3)cc1. The molecule has 0 radical (unpaired) electrons. The number of amides is 1. The quantitative estimate of drug-likeness (QED) is 0.867. The Kier molecular flexibility index (Phi) is 4.60. The minimum absolute atomic E-state index is 0.00254. The predicted octanol–water partition coefficient (Wildman–Crippen LogP) is 3.19. The number of nitrogens with one attached hydrogen (secondary N) is 1. The van der Waals surface area contributed by atoms with E-state index in [4.69, 9.17) is 0 Å². The molecule has 26 heavy (non-hydrogen) atoms. The largest absolute Gasteiger partial charge is 0.331 e. The van der Waals surface area contributed by atoms with Crippen LogP contribution in [0.4, 0.5) is 0 Å². The van der Waals surface area contributed by atoms with E-state index in [1.54, 1.807) is 12.1 Å². The number of rotatable bonds is 3. The molecule has 2 saturated heterocycles. The number of aryl methyl sites for hydroxylation is 1. The van der Waals surface area contributed by atoms with Gasteiger partial charge in [-0.1, -0.05) is 48.0 Å². The van der Waals surface area contributed by atoms with Crippen LogP contribution in [0.1, 0.15) is 51.1 Å². The first-order chi connectivity index (χ1) is 12.6. The fourth-order valence-electron chi connectivity index (χ4n) is 4.18. The molecular formula is C22H24N2O2. The number of fused-ring (bicyclic) bond motifs is 2. The van der Waals surface area contributed by atoms with Gasteiger partial charge in [0.05, 0.1) is 5.56 Å². The van der Waals surface area contributed by atoms with E-state index >= 15 is 0 Å². The summed E-state index contributed by atoms with van der Waals surface area (Å²) in [5, 5.41) is 3.42. The zero-order chi connectivity index (χ0) is 18.1. The minimum Gasteiger partial charge on any atom is -0.331 e. The highest BCUT2D eigenvalue weighted by Crippen LogP contribution is 2.30. The van der Waals surface area contributed by atoms with E-state index in [0.717, 1.165) is 37.9 Å². The molecule has 0 aliphatic carbocycles. The van der Waals surface area contributed by atoms with Gasteiger partial charge in [0.15, 0.2) is 5.78 Å². The Hall–Kier alpha value is -2.46. The molecule has 2 aliphatic rings. The highest BCUT2D eigenvalue weighted by molar-refractivity contribution is 6.15. The number of carbonyl (C=O) groups is 2. The molecule has 2 atom stereocenters. The van der Waals surface area contributed by atoms with E-state index in [0.29, 0.717) is 16.7 Å². The summed E-state index contributed by atoms with van der Waals surface area (Å²) in [6, 6.07) is 15.3. The maximum atomic E-state index is 13.4. The summed E-state index contributed by atoms with van der Waals surface area (Å²) in [6.45, 7) is 3.79. The molecular weight excluding hydrogens is 324 g/mol. The first-order valence-electron chi connectivity index (χ1n) is 9.39. The van der Waals surface area contributed by atoms with Crippen LogP contribution in [0, 0.1) is 6.92 Å². The first-order valence-corrected chi connectivity index (χ1v) is 9.39. The highest BCUT2D eigenvalue weighted by atomic mass is 16.2. The van der Waals surface area contributed by atoms with Crippen molar-refractivity contribution in [3.8, 4) is 0 Å². The molecule has 134 valence electrons. The van der Waals surface area contributed by atoms with Crippen LogP contribution >= 0.6 is 0 Å². The second-order valence-electron chi connectivity index (χ2n) is 7.33. The average Bonchev–Trinajstić information content (AvgIpc) is 2.94. The molecule has 0 saturated carbocycles. The lowest BCUT2D eigenvalue weighted by Crippen LogP contribution is -2.43. The molecule has 0 unspecified atom stereocenters. The molecule has 4 nitrogen and oxygen atoms in total. The molecule has 0 aromatic heterocycles.